The molecule has 5 atom stereocenters. The fraction of sp³-hybridized carbons (Fsp3) is 0.519. The molecule has 6 heterocycles. The van der Waals surface area contributed by atoms with E-state index in [0.717, 1.165) is 6.42 Å². The average molecular weight is 1010 g/mol. The Labute approximate surface area is 416 Å². The summed E-state index contributed by atoms with van der Waals surface area (Å²) < 4.78 is 87.8. The number of carbonyl (C=O) groups is 5. The number of hydrogen-bond acceptors (Lipinski definition) is 9. The van der Waals surface area contributed by atoms with Crippen LogP contribution in [0.2, 0.25) is 0 Å². The van der Waals surface area contributed by atoms with Gasteiger partial charge in [0.15, 0.2) is 6.61 Å². The quantitative estimate of drug-likeness (QED) is 0.0463. The van der Waals surface area contributed by atoms with Gasteiger partial charge in [0.05, 0.1) is 29.0 Å². The number of carbonyl (C=O) groups excluding carboxylic acids is 5. The number of likely N-dealkylation sites (tertiary alicyclic amines) is 1. The van der Waals surface area contributed by atoms with Crippen molar-refractivity contribution >= 4 is 41.1 Å². The van der Waals surface area contributed by atoms with Crippen molar-refractivity contribution in [1.82, 2.24) is 35.1 Å². The van der Waals surface area contributed by atoms with E-state index in [1.807, 2.05) is 13.8 Å². The zero-order valence-electron chi connectivity index (χ0n) is 42.2. The molecule has 2 saturated heterocycles. The molecule has 3 aromatic heterocycles. The number of halogens is 5. The van der Waals surface area contributed by atoms with Gasteiger partial charge in [0.1, 0.15) is 24.1 Å². The first kappa shape index (κ1) is 55.0. The molecule has 0 bridgehead atoms. The van der Waals surface area contributed by atoms with Gasteiger partial charge in [-0.05, 0) is 80.1 Å². The minimum atomic E-state index is -4.67. The minimum Gasteiger partial charge on any atom is -0.460 e. The summed E-state index contributed by atoms with van der Waals surface area (Å²) in [7, 11) is 2.96. The lowest BCUT2D eigenvalue weighted by molar-refractivity contribution is -0.722. The number of hydrogen-bond donors (Lipinski definition) is 2. The van der Waals surface area contributed by atoms with Crippen LogP contribution in [0.1, 0.15) is 95.7 Å². The second-order valence-corrected chi connectivity index (χ2v) is 19.0. The summed E-state index contributed by atoms with van der Waals surface area (Å²) in [5.41, 5.74) is 4.31. The number of methoxy groups -OCH3 is 1. The van der Waals surface area contributed by atoms with Crippen molar-refractivity contribution in [2.75, 3.05) is 46.9 Å². The maximum absolute atomic E-state index is 15.1. The predicted octanol–water partition coefficient (Wildman–Crippen LogP) is 7.01. The highest BCUT2D eigenvalue weighted by Crippen LogP contribution is 2.44. The first-order valence-corrected chi connectivity index (χ1v) is 24.4. The summed E-state index contributed by atoms with van der Waals surface area (Å²) in [6.07, 6.45) is -3.96. The van der Waals surface area contributed by atoms with E-state index in [0.29, 0.717) is 60.5 Å². The van der Waals surface area contributed by atoms with Crippen molar-refractivity contribution in [2.24, 2.45) is 11.8 Å². The Morgan fingerprint density at radius 3 is 2.44 bits per heavy atom. The molecule has 390 valence electrons. The van der Waals surface area contributed by atoms with Gasteiger partial charge in [-0.15, -0.1) is 0 Å². The van der Waals surface area contributed by atoms with E-state index < -0.39 is 72.1 Å². The molecule has 3 aliphatic heterocycles. The van der Waals surface area contributed by atoms with Gasteiger partial charge in [-0.3, -0.25) is 34.0 Å². The Balaban J connectivity index is 0.00000418. The highest BCUT2D eigenvalue weighted by molar-refractivity contribution is 5.94. The van der Waals surface area contributed by atoms with Crippen LogP contribution in [0.25, 0.3) is 33.5 Å². The summed E-state index contributed by atoms with van der Waals surface area (Å²) in [4.78, 5) is 74.2. The number of amides is 4. The van der Waals surface area contributed by atoms with Crippen molar-refractivity contribution in [2.45, 2.75) is 117 Å². The van der Waals surface area contributed by atoms with Crippen molar-refractivity contribution in [3.8, 4) is 22.5 Å². The second-order valence-electron chi connectivity index (χ2n) is 19.0. The zero-order valence-corrected chi connectivity index (χ0v) is 42.2. The van der Waals surface area contributed by atoms with Crippen LogP contribution in [0.4, 0.5) is 22.0 Å². The molecule has 2 N–H and O–H groups in total. The van der Waals surface area contributed by atoms with Crippen LogP contribution in [-0.4, -0.2) is 120 Å². The molecule has 1 aromatic carbocycles. The molecule has 7 rings (SSSR count). The normalized spacial score (nSPS) is 18.9. The number of likely N-dealkylation sites (N-methyl/N-ethyl adjacent to an activating group) is 1. The summed E-state index contributed by atoms with van der Waals surface area (Å²) >= 11 is 0. The van der Waals surface area contributed by atoms with Crippen LogP contribution < -0.4 is 15.3 Å². The fourth-order valence-electron chi connectivity index (χ4n) is 10.4. The minimum absolute atomic E-state index is 0.0665. The molecule has 0 aliphatic carbocycles. The lowest BCUT2D eigenvalue weighted by Gasteiger charge is -2.35. The van der Waals surface area contributed by atoms with Crippen LogP contribution in [0.5, 0.6) is 0 Å². The van der Waals surface area contributed by atoms with E-state index >= 15 is 8.78 Å². The molecule has 4 amide bonds. The van der Waals surface area contributed by atoms with Crippen molar-refractivity contribution in [3.63, 3.8) is 0 Å². The maximum Gasteiger partial charge on any atom is 0.406 e. The molecule has 5 unspecified atom stereocenters. The summed E-state index contributed by atoms with van der Waals surface area (Å²) in [6, 6.07) is 8.08. The number of hydrazine groups is 1. The van der Waals surface area contributed by atoms with Gasteiger partial charge >= 0.3 is 6.18 Å². The molecule has 4 aromatic rings. The number of nitrogens with zero attached hydrogens (tertiary/aromatic N) is 6. The molecular formula is C52H66F5N8O7+. The average Bonchev–Trinajstić information content (AvgIpc) is 4.06. The molecule has 72 heavy (non-hydrogen) atoms. The maximum atomic E-state index is 15.1. The number of nitrogens with one attached hydrogen (secondary N) is 2. The lowest BCUT2D eigenvalue weighted by atomic mass is 9.93. The first-order valence-electron chi connectivity index (χ1n) is 24.4. The molecule has 2 fully saturated rings. The summed E-state index contributed by atoms with van der Waals surface area (Å²) in [5.74, 6) is -2.86. The zero-order chi connectivity index (χ0) is 52.8. The Bertz CT molecular complexity index is 2650. The Morgan fingerprint density at radius 1 is 1.08 bits per heavy atom. The van der Waals surface area contributed by atoms with E-state index in [1.54, 1.807) is 56.5 Å². The fourth-order valence-corrected chi connectivity index (χ4v) is 10.4. The highest BCUT2D eigenvalue weighted by atomic mass is 19.4. The Hall–Kier alpha value is -6.28. The van der Waals surface area contributed by atoms with Gasteiger partial charge in [0.2, 0.25) is 34.5 Å². The monoisotopic (exact) mass is 1010 g/mol. The second kappa shape index (κ2) is 23.1. The first-order chi connectivity index (χ1) is 34.2. The molecule has 0 saturated carbocycles. The molecule has 3 aliphatic rings. The van der Waals surface area contributed by atoms with Crippen LogP contribution in [0.3, 0.4) is 0 Å². The molecule has 0 spiro atoms. The van der Waals surface area contributed by atoms with Gasteiger partial charge in [-0.1, -0.05) is 34.3 Å². The summed E-state index contributed by atoms with van der Waals surface area (Å²) in [6.45, 7) is 14.5. The molecule has 15 nitrogen and oxygen atoms in total. The number of alkyl halides is 5. The van der Waals surface area contributed by atoms with E-state index in [2.05, 4.69) is 22.3 Å². The van der Waals surface area contributed by atoms with Gasteiger partial charge in [-0.2, -0.15) is 17.7 Å². The Morgan fingerprint density at radius 2 is 1.82 bits per heavy atom. The number of rotatable bonds is 18. The van der Waals surface area contributed by atoms with Gasteiger partial charge < -0.3 is 29.2 Å². The van der Waals surface area contributed by atoms with Crippen LogP contribution in [0.15, 0.2) is 61.3 Å². The third-order valence-electron chi connectivity index (χ3n) is 13.7. The van der Waals surface area contributed by atoms with Crippen LogP contribution in [0, 0.1) is 11.8 Å². The van der Waals surface area contributed by atoms with Crippen LogP contribution >= 0.6 is 0 Å². The molecule has 20 heteroatoms. The largest absolute Gasteiger partial charge is 0.460 e. The van der Waals surface area contributed by atoms with Gasteiger partial charge in [0, 0.05) is 89.1 Å². The standard InChI is InChI=1S/C50H59F5N8O7.C2H6/c1-8-40(65)60-19-15-32(25-60)47(67)59(6)42(29(2)3)46(66)58-37(48(68)62-18-10-9-17-57-62)22-31-20-33(23-34(21-31)45(51)52)38-13-14-39-44-36(24-49(5,63(38)44)27-70-28-64)43(61(39)26-50(53,54)55)35-12-11-16-56-41(35)30(4)69-7;1-2/h8,11-14,16,20-21,23,28-30,32,37,42,45,57H,1,9-10,15,17-19,22,24-27H2,2-7H3;1-2H3/p+1. The number of aromatic nitrogens is 3. The van der Waals surface area contributed by atoms with Crippen LogP contribution in [-0.2, 0) is 58.4 Å². The lowest BCUT2D eigenvalue weighted by Crippen LogP contribution is -2.59. The number of benzene rings is 1. The third kappa shape index (κ3) is 11.5. The molecular weight excluding hydrogens is 944 g/mol. The predicted molar refractivity (Wildman–Crippen MR) is 259 cm³/mol. The third-order valence-corrected chi connectivity index (χ3v) is 13.7. The van der Waals surface area contributed by atoms with Crippen molar-refractivity contribution in [1.29, 1.82) is 0 Å². The topological polar surface area (TPSA) is 159 Å². The van der Waals surface area contributed by atoms with E-state index in [-0.39, 0.29) is 66.6 Å². The summed E-state index contributed by atoms with van der Waals surface area (Å²) in [5, 5.41) is 4.27. The van der Waals surface area contributed by atoms with Gasteiger partial charge in [0.25, 0.3) is 18.8 Å². The number of ether oxygens (including phenoxy) is 2. The van der Waals surface area contributed by atoms with E-state index in [9.17, 15) is 37.1 Å². The number of pyridine rings is 2. The smallest absolute Gasteiger partial charge is 0.406 e. The van der Waals surface area contributed by atoms with Crippen molar-refractivity contribution in [3.05, 3.63) is 83.7 Å². The Kier molecular flexibility index (Phi) is 17.6. The van der Waals surface area contributed by atoms with E-state index in [1.165, 1.54) is 64.0 Å². The highest BCUT2D eigenvalue weighted by Gasteiger charge is 2.51. The SMILES string of the molecule is C=CC(=O)N1CCC(C(=O)N(C)C(C(=O)NC(Cc2cc(-c3ccc4c5c(c(-c6cccnc6C(C)OC)n4CC(F)(F)F)CC(C)(COC=O)[n+]35)cc(C(F)F)c2)C(=O)N2CCCCN2)C(C)C)C1.CC. The van der Waals surface area contributed by atoms with Crippen molar-refractivity contribution < 1.29 is 60.0 Å². The molecule has 0 radical (unpaired) electrons. The van der Waals surface area contributed by atoms with E-state index in [4.69, 9.17) is 9.47 Å². The van der Waals surface area contributed by atoms with Gasteiger partial charge in [-0.25, -0.2) is 14.2 Å².